The first-order valence-corrected chi connectivity index (χ1v) is 7.29. The van der Waals surface area contributed by atoms with Crippen molar-refractivity contribution in [3.8, 4) is 0 Å². The summed E-state index contributed by atoms with van der Waals surface area (Å²) in [4.78, 5) is 14.4. The highest BCUT2D eigenvalue weighted by Crippen LogP contribution is 2.30. The largest absolute Gasteiger partial charge is 0.367 e. The van der Waals surface area contributed by atoms with Gasteiger partial charge < -0.3 is 5.32 Å². The quantitative estimate of drug-likeness (QED) is 0.671. The number of aryl methyl sites for hydroxylation is 1. The van der Waals surface area contributed by atoms with E-state index in [4.69, 9.17) is 0 Å². The molecule has 1 aliphatic rings. The van der Waals surface area contributed by atoms with E-state index >= 15 is 0 Å². The minimum atomic E-state index is -0.397. The smallest absolute Gasteiger partial charge is 0.290 e. The summed E-state index contributed by atoms with van der Waals surface area (Å²) in [5.41, 5.74) is 0.728. The Morgan fingerprint density at radius 3 is 2.89 bits per heavy atom. The highest BCUT2D eigenvalue weighted by Gasteiger charge is 2.24. The van der Waals surface area contributed by atoms with E-state index in [1.165, 1.54) is 12.6 Å². The molecule has 0 spiro atoms. The second-order valence-corrected chi connectivity index (χ2v) is 5.76. The molecule has 6 heteroatoms. The molecule has 1 saturated carbocycles. The number of rotatable bonds is 4. The summed E-state index contributed by atoms with van der Waals surface area (Å²) in [6.07, 6.45) is 6.98. The average Bonchev–Trinajstić information content (AvgIpc) is 2.76. The van der Waals surface area contributed by atoms with Crippen LogP contribution in [-0.2, 0) is 0 Å². The first kappa shape index (κ1) is 13.1. The van der Waals surface area contributed by atoms with E-state index in [9.17, 15) is 10.1 Å². The third-order valence-corrected chi connectivity index (χ3v) is 4.44. The van der Waals surface area contributed by atoms with Gasteiger partial charge in [0.05, 0.1) is 4.92 Å². The molecule has 1 heterocycles. The van der Waals surface area contributed by atoms with Crippen LogP contribution < -0.4 is 5.32 Å². The van der Waals surface area contributed by atoms with Crippen molar-refractivity contribution in [2.75, 3.05) is 11.6 Å². The summed E-state index contributed by atoms with van der Waals surface area (Å²) in [6, 6.07) is 2.20. The van der Waals surface area contributed by atoms with Gasteiger partial charge in [0.2, 0.25) is 0 Å². The predicted molar refractivity (Wildman–Crippen MR) is 74.2 cm³/mol. The van der Waals surface area contributed by atoms with E-state index in [0.29, 0.717) is 11.6 Å². The summed E-state index contributed by atoms with van der Waals surface area (Å²) in [5, 5.41) is 14.8. The van der Waals surface area contributed by atoms with Crippen LogP contribution in [0.15, 0.2) is 12.3 Å². The fourth-order valence-electron chi connectivity index (χ4n) is 2.31. The zero-order chi connectivity index (χ0) is 13.1. The number of pyridine rings is 1. The molecule has 5 nitrogen and oxygen atoms in total. The van der Waals surface area contributed by atoms with E-state index in [1.807, 2.05) is 11.8 Å². The van der Waals surface area contributed by atoms with Crippen LogP contribution in [0, 0.1) is 17.0 Å². The molecule has 1 aromatic rings. The van der Waals surface area contributed by atoms with Crippen molar-refractivity contribution in [2.45, 2.75) is 37.5 Å². The molecule has 1 fully saturated rings. The first-order valence-electron chi connectivity index (χ1n) is 6.00. The van der Waals surface area contributed by atoms with Crippen LogP contribution in [-0.4, -0.2) is 27.5 Å². The number of hydrogen-bond acceptors (Lipinski definition) is 5. The second kappa shape index (κ2) is 5.56. The Kier molecular flexibility index (Phi) is 4.06. The number of nitro groups is 1. The van der Waals surface area contributed by atoms with E-state index in [-0.39, 0.29) is 5.69 Å². The van der Waals surface area contributed by atoms with Gasteiger partial charge >= 0.3 is 0 Å². The number of nitrogens with zero attached hydrogens (tertiary/aromatic N) is 2. The van der Waals surface area contributed by atoms with Gasteiger partial charge in [-0.25, -0.2) is 4.98 Å². The van der Waals surface area contributed by atoms with Crippen LogP contribution in [0.25, 0.3) is 0 Å². The van der Waals surface area contributed by atoms with Crippen molar-refractivity contribution in [1.82, 2.24) is 4.98 Å². The van der Waals surface area contributed by atoms with E-state index < -0.39 is 4.92 Å². The zero-order valence-electron chi connectivity index (χ0n) is 10.5. The minimum Gasteiger partial charge on any atom is -0.367 e. The lowest BCUT2D eigenvalue weighted by molar-refractivity contribution is -0.385. The fourth-order valence-corrected chi connectivity index (χ4v) is 3.11. The van der Waals surface area contributed by atoms with Crippen molar-refractivity contribution >= 4 is 23.3 Å². The Balaban J connectivity index is 2.02. The molecule has 0 aromatic carbocycles. The van der Waals surface area contributed by atoms with Crippen LogP contribution in [0.5, 0.6) is 0 Å². The second-order valence-electron chi connectivity index (χ2n) is 4.63. The fraction of sp³-hybridized carbons (Fsp3) is 0.583. The van der Waals surface area contributed by atoms with Gasteiger partial charge in [-0.15, -0.1) is 0 Å². The van der Waals surface area contributed by atoms with Crippen molar-refractivity contribution in [3.63, 3.8) is 0 Å². The Morgan fingerprint density at radius 1 is 1.56 bits per heavy atom. The number of thioether (sulfide) groups is 1. The van der Waals surface area contributed by atoms with Crippen molar-refractivity contribution in [3.05, 3.63) is 27.9 Å². The monoisotopic (exact) mass is 267 g/mol. The third-order valence-electron chi connectivity index (χ3n) is 3.35. The molecule has 1 aliphatic carbocycles. The van der Waals surface area contributed by atoms with Crippen LogP contribution in [0.3, 0.4) is 0 Å². The summed E-state index contributed by atoms with van der Waals surface area (Å²) >= 11 is 1.91. The molecule has 2 atom stereocenters. The SMILES string of the molecule is CSC1CCC(Nc2cc(C)c([N+](=O)[O-])cn2)C1. The molecule has 0 bridgehead atoms. The number of anilines is 1. The van der Waals surface area contributed by atoms with Crippen LogP contribution in [0.2, 0.25) is 0 Å². The van der Waals surface area contributed by atoms with Crippen molar-refractivity contribution < 1.29 is 4.92 Å². The summed E-state index contributed by atoms with van der Waals surface area (Å²) < 4.78 is 0. The van der Waals surface area contributed by atoms with E-state index in [0.717, 1.165) is 23.9 Å². The van der Waals surface area contributed by atoms with E-state index in [1.54, 1.807) is 13.0 Å². The summed E-state index contributed by atoms with van der Waals surface area (Å²) in [6.45, 7) is 1.74. The molecular weight excluding hydrogens is 250 g/mol. The Bertz CT molecular complexity index is 453. The van der Waals surface area contributed by atoms with Gasteiger partial charge in [0.1, 0.15) is 12.0 Å². The Labute approximate surface area is 111 Å². The number of hydrogen-bond donors (Lipinski definition) is 1. The van der Waals surface area contributed by atoms with Crippen LogP contribution in [0.1, 0.15) is 24.8 Å². The lowest BCUT2D eigenvalue weighted by atomic mass is 10.2. The average molecular weight is 267 g/mol. The van der Waals surface area contributed by atoms with Gasteiger partial charge in [0.25, 0.3) is 5.69 Å². The normalized spacial score (nSPS) is 23.0. The van der Waals surface area contributed by atoms with Crippen molar-refractivity contribution in [2.24, 2.45) is 0 Å². The first-order chi connectivity index (χ1) is 8.60. The molecule has 2 unspecified atom stereocenters. The van der Waals surface area contributed by atoms with Gasteiger partial charge in [-0.2, -0.15) is 11.8 Å². The van der Waals surface area contributed by atoms with Crippen LogP contribution >= 0.6 is 11.8 Å². The van der Waals surface area contributed by atoms with E-state index in [2.05, 4.69) is 16.6 Å². The lowest BCUT2D eigenvalue weighted by Crippen LogP contribution is -2.17. The van der Waals surface area contributed by atoms with Gasteiger partial charge in [0.15, 0.2) is 0 Å². The molecule has 0 aliphatic heterocycles. The van der Waals surface area contributed by atoms with Crippen molar-refractivity contribution in [1.29, 1.82) is 0 Å². The standard InChI is InChI=1S/C12H17N3O2S/c1-8-5-12(13-7-11(8)15(16)17)14-9-3-4-10(6-9)18-2/h5,7,9-10H,3-4,6H2,1-2H3,(H,13,14). The Morgan fingerprint density at radius 2 is 2.33 bits per heavy atom. The molecule has 1 aromatic heterocycles. The molecule has 0 amide bonds. The molecule has 98 valence electrons. The van der Waals surface area contributed by atoms with Gasteiger partial charge in [0, 0.05) is 16.9 Å². The minimum absolute atomic E-state index is 0.0777. The molecular formula is C12H17N3O2S. The predicted octanol–water partition coefficient (Wildman–Crippen LogP) is 2.99. The number of nitrogens with one attached hydrogen (secondary N) is 1. The third kappa shape index (κ3) is 2.93. The molecule has 0 radical (unpaired) electrons. The lowest BCUT2D eigenvalue weighted by Gasteiger charge is -2.13. The maximum absolute atomic E-state index is 10.7. The highest BCUT2D eigenvalue weighted by atomic mass is 32.2. The zero-order valence-corrected chi connectivity index (χ0v) is 11.4. The Hall–Kier alpha value is -1.30. The molecule has 2 rings (SSSR count). The number of aromatic nitrogens is 1. The maximum atomic E-state index is 10.7. The summed E-state index contributed by atoms with van der Waals surface area (Å²) in [7, 11) is 0. The van der Waals surface area contributed by atoms with Gasteiger partial charge in [-0.1, -0.05) is 0 Å². The van der Waals surface area contributed by atoms with Gasteiger partial charge in [-0.05, 0) is 38.5 Å². The summed E-state index contributed by atoms with van der Waals surface area (Å²) in [5.74, 6) is 0.741. The van der Waals surface area contributed by atoms with Crippen LogP contribution in [0.4, 0.5) is 11.5 Å². The maximum Gasteiger partial charge on any atom is 0.290 e. The molecule has 0 saturated heterocycles. The van der Waals surface area contributed by atoms with Gasteiger partial charge in [-0.3, -0.25) is 10.1 Å². The molecule has 1 N–H and O–H groups in total. The highest BCUT2D eigenvalue weighted by molar-refractivity contribution is 7.99. The molecule has 18 heavy (non-hydrogen) atoms. The topological polar surface area (TPSA) is 68.1 Å².